The Morgan fingerprint density at radius 3 is 1.91 bits per heavy atom. The minimum absolute atomic E-state index is 0. The van der Waals surface area contributed by atoms with Gasteiger partial charge in [-0.25, -0.2) is 4.98 Å². The van der Waals surface area contributed by atoms with Gasteiger partial charge in [-0.3, -0.25) is 9.55 Å². The van der Waals surface area contributed by atoms with Gasteiger partial charge >= 0.3 is 0 Å². The Morgan fingerprint density at radius 2 is 1.23 bits per heavy atom. The molecule has 322 valence electrons. The molecule has 0 aliphatic heterocycles. The number of aromatic hydroxyl groups is 1. The van der Waals surface area contributed by atoms with Crippen molar-refractivity contribution in [2.75, 3.05) is 0 Å². The van der Waals surface area contributed by atoms with Gasteiger partial charge in [-0.1, -0.05) is 180 Å². The van der Waals surface area contributed by atoms with Crippen molar-refractivity contribution >= 4 is 11.0 Å². The van der Waals surface area contributed by atoms with Crippen LogP contribution in [0.15, 0.2) is 164 Å². The molecule has 64 heavy (non-hydrogen) atoms. The molecule has 0 amide bonds. The van der Waals surface area contributed by atoms with Crippen molar-refractivity contribution in [2.45, 2.75) is 72.6 Å². The van der Waals surface area contributed by atoms with Gasteiger partial charge in [0.05, 0.1) is 22.3 Å². The number of aromatic nitrogens is 3. The zero-order valence-electron chi connectivity index (χ0n) is 39.7. The molecule has 9 aromatic rings. The second kappa shape index (κ2) is 18.0. The summed E-state index contributed by atoms with van der Waals surface area (Å²) in [6, 6.07) is 57.9. The summed E-state index contributed by atoms with van der Waals surface area (Å²) in [6.45, 7) is 16.1. The summed E-state index contributed by atoms with van der Waals surface area (Å²) in [5, 5.41) is 12.0. The van der Waals surface area contributed by atoms with E-state index in [1.54, 1.807) is 0 Å². The molecule has 0 saturated carbocycles. The van der Waals surface area contributed by atoms with Crippen LogP contribution in [0.2, 0.25) is 0 Å². The Labute approximate surface area is 395 Å². The van der Waals surface area contributed by atoms with E-state index >= 15 is 0 Å². The predicted molar refractivity (Wildman–Crippen MR) is 264 cm³/mol. The van der Waals surface area contributed by atoms with Crippen LogP contribution in [0.4, 0.5) is 0 Å². The van der Waals surface area contributed by atoms with E-state index in [9.17, 15) is 5.11 Å². The van der Waals surface area contributed by atoms with Crippen molar-refractivity contribution in [1.29, 1.82) is 0 Å². The van der Waals surface area contributed by atoms with E-state index in [4.69, 9.17) is 12.7 Å². The molecule has 7 aromatic carbocycles. The van der Waals surface area contributed by atoms with E-state index in [1.165, 1.54) is 0 Å². The molecule has 0 atom stereocenters. The Morgan fingerprint density at radius 1 is 0.594 bits per heavy atom. The Hall–Kier alpha value is -6.35. The first-order valence-electron chi connectivity index (χ1n) is 22.7. The molecule has 1 N–H and O–H groups in total. The number of benzene rings is 7. The van der Waals surface area contributed by atoms with Crippen LogP contribution in [-0.4, -0.2) is 19.6 Å². The fraction of sp³-hybridized carbons (Fsp3) is 0.186. The van der Waals surface area contributed by atoms with Crippen LogP contribution in [0.1, 0.15) is 85.2 Å². The summed E-state index contributed by atoms with van der Waals surface area (Å²) in [6.07, 6.45) is 1.85. The largest absolute Gasteiger partial charge is 0.507 e. The first kappa shape index (κ1) is 41.6. The van der Waals surface area contributed by atoms with Crippen LogP contribution < -0.4 is 0 Å². The van der Waals surface area contributed by atoms with Gasteiger partial charge in [0.1, 0.15) is 11.6 Å². The van der Waals surface area contributed by atoms with Gasteiger partial charge in [-0.2, -0.15) is 0 Å². The summed E-state index contributed by atoms with van der Waals surface area (Å²) < 4.78 is 19.7. The maximum Gasteiger partial charge on any atom is 0.148 e. The van der Waals surface area contributed by atoms with Gasteiger partial charge in [0.2, 0.25) is 0 Å². The number of aryl methyl sites for hydroxylation is 1. The van der Waals surface area contributed by atoms with Crippen LogP contribution in [0.5, 0.6) is 5.75 Å². The molecule has 0 unspecified atom stereocenters. The minimum Gasteiger partial charge on any atom is -0.507 e. The maximum absolute atomic E-state index is 12.0. The monoisotopic (exact) mass is 1020 g/mol. The average molecular weight is 1020 g/mol. The number of hydrogen-bond donors (Lipinski definition) is 1. The molecule has 0 saturated heterocycles. The molecular formula is C59H54N3OPt-. The Balaban J connectivity index is 0.00000592. The number of nitrogens with zero attached hydrogens (tertiary/aromatic N) is 3. The zero-order valence-corrected chi connectivity index (χ0v) is 40.0. The molecule has 9 rings (SSSR count). The predicted octanol–water partition coefficient (Wildman–Crippen LogP) is 15.8. The maximum atomic E-state index is 12.0. The molecule has 0 bridgehead atoms. The number of phenolic OH excluding ortho intramolecular Hbond substituents is 1. The topological polar surface area (TPSA) is 50.9 Å². The quantitative estimate of drug-likeness (QED) is 0.147. The number of fused-ring (bicyclic) bond motifs is 1. The van der Waals surface area contributed by atoms with Crippen LogP contribution in [0, 0.1) is 13.0 Å². The number of phenols is 1. The van der Waals surface area contributed by atoms with Crippen molar-refractivity contribution in [3.05, 3.63) is 192 Å². The van der Waals surface area contributed by atoms with Gasteiger partial charge in [0.25, 0.3) is 0 Å². The van der Waals surface area contributed by atoms with Crippen molar-refractivity contribution < 1.29 is 28.9 Å². The standard InChI is InChI=1S/C59H54N3O.Pt/c1-37(2)40-22-24-42(25-23-40)45-28-29-60-53(35-45)48-32-46(41-16-11-9-12-17-41)31-47(33-48)50-20-15-21-55-56(50)61-58(52-36-49(59(6,7)8)30-39(5)57(52)63)62(55)54-27-26-44(38(3)4)34-51(54)43-18-13-10-14-19-43;/h9-32,34-38,63H,1-8H3;/q-1;/i37D,38D;. The summed E-state index contributed by atoms with van der Waals surface area (Å²) in [7, 11) is 0. The summed E-state index contributed by atoms with van der Waals surface area (Å²) >= 11 is 0. The third kappa shape index (κ3) is 8.65. The molecule has 0 aliphatic carbocycles. The number of para-hydroxylation sites is 1. The molecule has 0 fully saturated rings. The summed E-state index contributed by atoms with van der Waals surface area (Å²) in [5.74, 6) is -0.719. The van der Waals surface area contributed by atoms with Gasteiger partial charge in [0.15, 0.2) is 0 Å². The van der Waals surface area contributed by atoms with E-state index in [1.807, 2.05) is 89.3 Å². The average Bonchev–Trinajstić information content (AvgIpc) is 3.68. The molecule has 0 radical (unpaired) electrons. The summed E-state index contributed by atoms with van der Waals surface area (Å²) in [4.78, 5) is 10.5. The fourth-order valence-corrected chi connectivity index (χ4v) is 8.42. The second-order valence-corrected chi connectivity index (χ2v) is 18.1. The third-order valence-electron chi connectivity index (χ3n) is 12.1. The van der Waals surface area contributed by atoms with Crippen molar-refractivity contribution in [2.24, 2.45) is 0 Å². The SMILES string of the molecule is [2H]C(C)(C)c1ccc(-c2ccnc(-c3[c-]c(-c4cccc5c4nc(-c4cc(C(C)(C)C)cc(C)c4O)n5-c4ccc(C([2H])(C)C)cc4-c4ccccc4)cc(-c4ccccc4)c3)c2)cc1.[Pt]. The number of imidazole rings is 1. The van der Waals surface area contributed by atoms with Crippen LogP contribution in [0.3, 0.4) is 0 Å². The summed E-state index contributed by atoms with van der Waals surface area (Å²) in [5.41, 5.74) is 16.2. The fourth-order valence-electron chi connectivity index (χ4n) is 8.42. The zero-order chi connectivity index (χ0) is 45.8. The molecule has 5 heteroatoms. The number of pyridine rings is 1. The van der Waals surface area contributed by atoms with E-state index in [0.717, 1.165) is 94.7 Å². The third-order valence-corrected chi connectivity index (χ3v) is 12.1. The van der Waals surface area contributed by atoms with E-state index in [-0.39, 0.29) is 32.2 Å². The van der Waals surface area contributed by atoms with Crippen LogP contribution in [-0.2, 0) is 26.5 Å². The van der Waals surface area contributed by atoms with Gasteiger partial charge in [-0.15, -0.1) is 23.8 Å². The molecule has 4 nitrogen and oxygen atoms in total. The van der Waals surface area contributed by atoms with Gasteiger partial charge in [0, 0.05) is 41.3 Å². The van der Waals surface area contributed by atoms with E-state index in [2.05, 4.69) is 141 Å². The molecule has 2 heterocycles. The second-order valence-electron chi connectivity index (χ2n) is 18.1. The Kier molecular flexibility index (Phi) is 11.7. The van der Waals surface area contributed by atoms with E-state index in [0.29, 0.717) is 11.4 Å². The van der Waals surface area contributed by atoms with Crippen molar-refractivity contribution in [3.8, 4) is 78.6 Å². The molecule has 0 spiro atoms. The normalized spacial score (nSPS) is 12.4. The van der Waals surface area contributed by atoms with E-state index < -0.39 is 11.8 Å². The number of hydrogen-bond acceptors (Lipinski definition) is 3. The van der Waals surface area contributed by atoms with Crippen molar-refractivity contribution in [3.63, 3.8) is 0 Å². The molecule has 0 aliphatic rings. The first-order chi connectivity index (χ1) is 30.9. The Bertz CT molecular complexity index is 3210. The minimum atomic E-state index is -0.832. The van der Waals surface area contributed by atoms with Crippen LogP contribution in [0.25, 0.3) is 83.9 Å². The van der Waals surface area contributed by atoms with Crippen LogP contribution >= 0.6 is 0 Å². The number of rotatable bonds is 9. The molecule has 2 aromatic heterocycles. The first-order valence-corrected chi connectivity index (χ1v) is 21.7. The smallest absolute Gasteiger partial charge is 0.148 e. The van der Waals surface area contributed by atoms with Crippen molar-refractivity contribution in [1.82, 2.24) is 14.5 Å². The molecular weight excluding hydrogens is 962 g/mol. The van der Waals surface area contributed by atoms with Gasteiger partial charge < -0.3 is 5.11 Å². The van der Waals surface area contributed by atoms with Gasteiger partial charge in [-0.05, 0) is 99.0 Å².